The number of fused-ring (bicyclic) bond motifs is 4. The highest BCUT2D eigenvalue weighted by atomic mass is 32.1. The SMILES string of the molecule is CN1CCc2c(NCc3cccs3)nc(NC(=O)c3cccc4[nH]ncc34)nc21.CN1CCc2c(nc(-n3ncc4c(C(N)=O)cccc43)nc2NCc2cccs2)C1. The van der Waals surface area contributed by atoms with Crippen molar-refractivity contribution < 1.29 is 9.59 Å². The number of H-pyrrole nitrogens is 1. The Hall–Kier alpha value is -6.76. The fourth-order valence-electron chi connectivity index (χ4n) is 7.32. The molecule has 0 saturated heterocycles. The van der Waals surface area contributed by atoms with Crippen molar-refractivity contribution in [3.63, 3.8) is 0 Å². The van der Waals surface area contributed by atoms with Gasteiger partial charge in [0.25, 0.3) is 11.9 Å². The third-order valence-electron chi connectivity index (χ3n) is 10.3. The summed E-state index contributed by atoms with van der Waals surface area (Å²) in [6.45, 7) is 4.00. The highest BCUT2D eigenvalue weighted by Crippen LogP contribution is 2.32. The van der Waals surface area contributed by atoms with Gasteiger partial charge in [-0.3, -0.25) is 20.0 Å². The lowest BCUT2D eigenvalue weighted by Gasteiger charge is -2.26. The second-order valence-corrected chi connectivity index (χ2v) is 16.3. The zero-order valence-electron chi connectivity index (χ0n) is 32.3. The number of carbonyl (C=O) groups is 2. The van der Waals surface area contributed by atoms with Crippen LogP contribution in [0.5, 0.6) is 0 Å². The molecule has 6 aromatic heterocycles. The maximum absolute atomic E-state index is 12.9. The summed E-state index contributed by atoms with van der Waals surface area (Å²) >= 11 is 3.41. The lowest BCUT2D eigenvalue weighted by atomic mass is 10.1. The first-order valence-corrected chi connectivity index (χ1v) is 20.8. The van der Waals surface area contributed by atoms with Gasteiger partial charge in [-0.05, 0) is 67.0 Å². The third-order valence-corrected chi connectivity index (χ3v) is 12.1. The highest BCUT2D eigenvalue weighted by Gasteiger charge is 2.25. The minimum absolute atomic E-state index is 0.262. The number of thiophene rings is 2. The van der Waals surface area contributed by atoms with E-state index in [1.165, 1.54) is 9.75 Å². The summed E-state index contributed by atoms with van der Waals surface area (Å²) in [6.07, 6.45) is 5.06. The van der Waals surface area contributed by atoms with E-state index in [2.05, 4.69) is 81.0 Å². The first kappa shape index (κ1) is 37.8. The Balaban J connectivity index is 0.000000152. The second kappa shape index (κ2) is 16.2. The number of nitrogens with two attached hydrogens (primary N) is 1. The Bertz CT molecular complexity index is 2800. The van der Waals surface area contributed by atoms with E-state index in [0.717, 1.165) is 83.2 Å². The standard InChI is InChI=1S/C21H21N7OS.C20H19N7OS/c1-27-8-7-15-17(12-27)25-21(26-20(15)23-10-13-4-3-9-30-13)28-18-6-2-5-14(19(22)29)16(18)11-24-28;1-27-8-7-14-17(21-10-12-4-3-9-29-12)23-20(24-18(14)27)25-19(28)13-5-2-6-16-15(13)11-22-26-16/h2-6,9,11H,7-8,10,12H2,1H3,(H2,22,29)(H,23,25,26);2-6,9,11H,7-8,10H2,1H3,(H,22,26)(H2,21,23,24,25,28). The number of rotatable bonds is 10. The number of anilines is 4. The van der Waals surface area contributed by atoms with Crippen molar-refractivity contribution in [2.75, 3.05) is 48.0 Å². The largest absolute Gasteiger partial charge is 0.366 e. The molecule has 0 aliphatic carbocycles. The van der Waals surface area contributed by atoms with Gasteiger partial charge < -0.3 is 26.2 Å². The molecular weight excluding hydrogens is 785 g/mol. The Morgan fingerprint density at radius 3 is 2.27 bits per heavy atom. The Morgan fingerprint density at radius 2 is 1.53 bits per heavy atom. The summed E-state index contributed by atoms with van der Waals surface area (Å²) in [6, 6.07) is 19.1. The Morgan fingerprint density at radius 1 is 0.797 bits per heavy atom. The summed E-state index contributed by atoms with van der Waals surface area (Å²) in [5, 5.41) is 26.7. The fourth-order valence-corrected chi connectivity index (χ4v) is 8.61. The summed E-state index contributed by atoms with van der Waals surface area (Å²) in [5.41, 5.74) is 11.3. The molecular formula is C41H40N14O2S2. The third kappa shape index (κ3) is 7.80. The van der Waals surface area contributed by atoms with E-state index >= 15 is 0 Å². The number of aromatic nitrogens is 8. The number of benzene rings is 2. The molecule has 2 aromatic carbocycles. The van der Waals surface area contributed by atoms with Crippen molar-refractivity contribution in [2.45, 2.75) is 32.5 Å². The van der Waals surface area contributed by atoms with Gasteiger partial charge in [0.15, 0.2) is 0 Å². The average Bonchev–Trinajstić information content (AvgIpc) is 4.10. The van der Waals surface area contributed by atoms with Gasteiger partial charge in [-0.15, -0.1) is 22.7 Å². The first-order valence-electron chi connectivity index (χ1n) is 19.0. The maximum Gasteiger partial charge on any atom is 0.258 e. The minimum Gasteiger partial charge on any atom is -0.366 e. The molecule has 2 amide bonds. The zero-order chi connectivity index (χ0) is 40.5. The predicted octanol–water partition coefficient (Wildman–Crippen LogP) is 5.85. The molecule has 6 N–H and O–H groups in total. The van der Waals surface area contributed by atoms with Gasteiger partial charge in [0.05, 0.1) is 53.3 Å². The minimum atomic E-state index is -0.480. The molecule has 0 atom stereocenters. The number of hydrogen-bond acceptors (Lipinski definition) is 14. The summed E-state index contributed by atoms with van der Waals surface area (Å²) < 4.78 is 1.67. The summed E-state index contributed by atoms with van der Waals surface area (Å²) in [5.74, 6) is 2.49. The van der Waals surface area contributed by atoms with Crippen molar-refractivity contribution in [3.8, 4) is 5.95 Å². The number of aromatic amines is 1. The molecule has 2 aliphatic rings. The van der Waals surface area contributed by atoms with Crippen molar-refractivity contribution in [2.24, 2.45) is 5.73 Å². The molecule has 0 spiro atoms. The van der Waals surface area contributed by atoms with Gasteiger partial charge in [0.2, 0.25) is 11.9 Å². The van der Waals surface area contributed by atoms with Crippen LogP contribution in [0.4, 0.5) is 23.4 Å². The van der Waals surface area contributed by atoms with Crippen LogP contribution in [0.2, 0.25) is 0 Å². The number of likely N-dealkylation sites (N-methyl/N-ethyl adjacent to an activating group) is 2. The van der Waals surface area contributed by atoms with Crippen LogP contribution in [0.15, 0.2) is 83.8 Å². The van der Waals surface area contributed by atoms with Gasteiger partial charge in [0.1, 0.15) is 17.5 Å². The predicted molar refractivity (Wildman–Crippen MR) is 232 cm³/mol. The lowest BCUT2D eigenvalue weighted by molar-refractivity contribution is 0.0999. The lowest BCUT2D eigenvalue weighted by Crippen LogP contribution is -2.29. The molecule has 59 heavy (non-hydrogen) atoms. The van der Waals surface area contributed by atoms with E-state index in [1.807, 2.05) is 37.4 Å². The molecule has 8 heterocycles. The summed E-state index contributed by atoms with van der Waals surface area (Å²) in [4.78, 5) is 50.3. The van der Waals surface area contributed by atoms with Gasteiger partial charge in [0, 0.05) is 58.3 Å². The van der Waals surface area contributed by atoms with Crippen molar-refractivity contribution in [3.05, 3.63) is 122 Å². The topological polar surface area (TPSA) is 201 Å². The van der Waals surface area contributed by atoms with Crippen LogP contribution >= 0.6 is 22.7 Å². The number of hydrogen-bond donors (Lipinski definition) is 5. The van der Waals surface area contributed by atoms with Crippen molar-refractivity contribution >= 4 is 79.7 Å². The van der Waals surface area contributed by atoms with Crippen LogP contribution in [-0.2, 0) is 32.5 Å². The van der Waals surface area contributed by atoms with Gasteiger partial charge in [-0.25, -0.2) is 4.98 Å². The number of primary amides is 1. The number of carbonyl (C=O) groups excluding carboxylic acids is 2. The molecule has 0 saturated carbocycles. The molecule has 298 valence electrons. The van der Waals surface area contributed by atoms with E-state index in [4.69, 9.17) is 15.7 Å². The normalized spacial score (nSPS) is 13.5. The van der Waals surface area contributed by atoms with Crippen LogP contribution in [0, 0.1) is 0 Å². The summed E-state index contributed by atoms with van der Waals surface area (Å²) in [7, 11) is 4.09. The molecule has 0 fully saturated rings. The van der Waals surface area contributed by atoms with E-state index in [0.29, 0.717) is 35.6 Å². The maximum atomic E-state index is 12.9. The van der Waals surface area contributed by atoms with Crippen molar-refractivity contribution in [1.29, 1.82) is 0 Å². The molecule has 0 radical (unpaired) electrons. The Labute approximate surface area is 346 Å². The number of amides is 2. The average molecular weight is 825 g/mol. The molecule has 2 aliphatic heterocycles. The van der Waals surface area contributed by atoms with E-state index in [1.54, 1.807) is 57.9 Å². The molecule has 0 unspecified atom stereocenters. The van der Waals surface area contributed by atoms with Crippen LogP contribution in [0.25, 0.3) is 27.8 Å². The van der Waals surface area contributed by atoms with E-state index in [-0.39, 0.29) is 11.9 Å². The molecule has 0 bridgehead atoms. The number of nitrogens with zero attached hydrogens (tertiary/aromatic N) is 9. The van der Waals surface area contributed by atoms with Gasteiger partial charge in [-0.1, -0.05) is 24.3 Å². The zero-order valence-corrected chi connectivity index (χ0v) is 33.9. The fraction of sp³-hybridized carbons (Fsp3) is 0.220. The van der Waals surface area contributed by atoms with Crippen molar-refractivity contribution in [1.82, 2.24) is 44.8 Å². The van der Waals surface area contributed by atoms with Crippen LogP contribution in [0.3, 0.4) is 0 Å². The van der Waals surface area contributed by atoms with Crippen LogP contribution < -0.4 is 26.6 Å². The van der Waals surface area contributed by atoms with Crippen LogP contribution in [0.1, 0.15) is 47.3 Å². The van der Waals surface area contributed by atoms with E-state index in [9.17, 15) is 9.59 Å². The Kier molecular flexibility index (Phi) is 10.4. The molecule has 8 aromatic rings. The first-order chi connectivity index (χ1) is 28.8. The van der Waals surface area contributed by atoms with Gasteiger partial charge >= 0.3 is 0 Å². The van der Waals surface area contributed by atoms with E-state index < -0.39 is 5.91 Å². The molecule has 18 heteroatoms. The van der Waals surface area contributed by atoms with Crippen LogP contribution in [-0.4, -0.2) is 83.8 Å². The number of nitrogens with one attached hydrogen (secondary N) is 4. The molecule has 16 nitrogen and oxygen atoms in total. The highest BCUT2D eigenvalue weighted by molar-refractivity contribution is 7.10. The second-order valence-electron chi connectivity index (χ2n) is 14.3. The smallest absolute Gasteiger partial charge is 0.258 e. The molecule has 10 rings (SSSR count). The van der Waals surface area contributed by atoms with Gasteiger partial charge in [-0.2, -0.15) is 29.8 Å². The quantitative estimate of drug-likeness (QED) is 0.110. The monoisotopic (exact) mass is 824 g/mol.